The van der Waals surface area contributed by atoms with Crippen molar-refractivity contribution in [3.63, 3.8) is 0 Å². The molecule has 0 heterocycles. The van der Waals surface area contributed by atoms with Gasteiger partial charge in [-0.25, -0.2) is 4.39 Å². The summed E-state index contributed by atoms with van der Waals surface area (Å²) in [5.74, 6) is -0.505. The van der Waals surface area contributed by atoms with Crippen molar-refractivity contribution in [2.75, 3.05) is 7.11 Å². The maximum atomic E-state index is 13.6. The Kier molecular flexibility index (Phi) is 4.03. The Bertz CT molecular complexity index is 433. The van der Waals surface area contributed by atoms with Gasteiger partial charge in [0.1, 0.15) is 11.4 Å². The van der Waals surface area contributed by atoms with Crippen LogP contribution < -0.4 is 0 Å². The molecule has 0 aromatic heterocycles. The summed E-state index contributed by atoms with van der Waals surface area (Å²) in [5.41, 5.74) is -0.460. The SMILES string of the molecule is COC1(C(=O)Cc2c(F)cccc2Cl)CCCC1. The van der Waals surface area contributed by atoms with E-state index >= 15 is 0 Å². The molecule has 1 fully saturated rings. The van der Waals surface area contributed by atoms with Crippen LogP contribution in [0.4, 0.5) is 4.39 Å². The van der Waals surface area contributed by atoms with Crippen LogP contribution in [0.5, 0.6) is 0 Å². The predicted molar refractivity (Wildman–Crippen MR) is 68.3 cm³/mol. The monoisotopic (exact) mass is 270 g/mol. The number of Topliss-reactive ketones (excluding diaryl/α,β-unsaturated/α-hetero) is 1. The highest BCUT2D eigenvalue weighted by atomic mass is 35.5. The fourth-order valence-corrected chi connectivity index (χ4v) is 2.80. The van der Waals surface area contributed by atoms with Crippen molar-refractivity contribution in [3.05, 3.63) is 34.6 Å². The summed E-state index contributed by atoms with van der Waals surface area (Å²) in [6.07, 6.45) is 3.39. The fourth-order valence-electron chi connectivity index (χ4n) is 2.57. The average molecular weight is 271 g/mol. The summed E-state index contributed by atoms with van der Waals surface area (Å²) in [7, 11) is 1.55. The average Bonchev–Trinajstić information content (AvgIpc) is 2.84. The molecule has 0 saturated heterocycles. The van der Waals surface area contributed by atoms with Crippen molar-refractivity contribution >= 4 is 17.4 Å². The zero-order valence-electron chi connectivity index (χ0n) is 10.3. The van der Waals surface area contributed by atoms with Crippen molar-refractivity contribution in [2.24, 2.45) is 0 Å². The minimum atomic E-state index is -0.731. The molecule has 1 aliphatic rings. The third kappa shape index (κ3) is 2.43. The van der Waals surface area contributed by atoms with Crippen molar-refractivity contribution in [1.82, 2.24) is 0 Å². The molecule has 0 amide bonds. The molecular weight excluding hydrogens is 255 g/mol. The van der Waals surface area contributed by atoms with Gasteiger partial charge in [-0.2, -0.15) is 0 Å². The standard InChI is InChI=1S/C14H16ClFO2/c1-18-14(7-2-3-8-14)13(17)9-10-11(15)5-4-6-12(10)16/h4-6H,2-3,7-9H2,1H3. The van der Waals surface area contributed by atoms with Crippen LogP contribution in [0.3, 0.4) is 0 Å². The molecule has 0 radical (unpaired) electrons. The Morgan fingerprint density at radius 3 is 2.67 bits per heavy atom. The molecule has 0 unspecified atom stereocenters. The van der Waals surface area contributed by atoms with Crippen molar-refractivity contribution < 1.29 is 13.9 Å². The summed E-state index contributed by atoms with van der Waals surface area (Å²) in [6, 6.07) is 4.46. The van der Waals surface area contributed by atoms with E-state index in [1.165, 1.54) is 12.1 Å². The van der Waals surface area contributed by atoms with Crippen LogP contribution in [0.2, 0.25) is 5.02 Å². The maximum Gasteiger partial charge on any atom is 0.169 e. The van der Waals surface area contributed by atoms with Gasteiger partial charge < -0.3 is 4.74 Å². The van der Waals surface area contributed by atoms with Gasteiger partial charge in [-0.05, 0) is 37.8 Å². The minimum absolute atomic E-state index is 0.000648. The first kappa shape index (κ1) is 13.5. The zero-order chi connectivity index (χ0) is 13.2. The summed E-state index contributed by atoms with van der Waals surface area (Å²) in [6.45, 7) is 0. The van der Waals surface area contributed by atoms with Crippen LogP contribution in [0.15, 0.2) is 18.2 Å². The van der Waals surface area contributed by atoms with E-state index in [1.54, 1.807) is 13.2 Å². The number of rotatable bonds is 4. The molecule has 0 atom stereocenters. The minimum Gasteiger partial charge on any atom is -0.370 e. The molecule has 4 heteroatoms. The van der Waals surface area contributed by atoms with Crippen molar-refractivity contribution in [2.45, 2.75) is 37.7 Å². The number of hydrogen-bond donors (Lipinski definition) is 0. The van der Waals surface area contributed by atoms with Crippen molar-refractivity contribution in [3.8, 4) is 0 Å². The molecule has 98 valence electrons. The molecule has 2 rings (SSSR count). The number of hydrogen-bond acceptors (Lipinski definition) is 2. The first-order chi connectivity index (χ1) is 8.59. The predicted octanol–water partition coefficient (Wildman–Crippen LogP) is 3.55. The Morgan fingerprint density at radius 2 is 2.11 bits per heavy atom. The van der Waals surface area contributed by atoms with E-state index in [2.05, 4.69) is 0 Å². The summed E-state index contributed by atoms with van der Waals surface area (Å²) in [4.78, 5) is 12.3. The van der Waals surface area contributed by atoms with Gasteiger partial charge in [0.05, 0.1) is 0 Å². The number of carbonyl (C=O) groups excluding carboxylic acids is 1. The molecule has 18 heavy (non-hydrogen) atoms. The molecule has 1 saturated carbocycles. The molecule has 1 aliphatic carbocycles. The number of ketones is 1. The number of methoxy groups -OCH3 is 1. The van der Waals surface area contributed by atoms with Crippen LogP contribution in [0, 0.1) is 5.82 Å². The van der Waals surface area contributed by atoms with Crippen LogP contribution in [0.25, 0.3) is 0 Å². The summed E-state index contributed by atoms with van der Waals surface area (Å²) in [5, 5.41) is 0.299. The molecule has 1 aromatic rings. The van der Waals surface area contributed by atoms with Gasteiger partial charge in [-0.1, -0.05) is 17.7 Å². The molecular formula is C14H16ClFO2. The van der Waals surface area contributed by atoms with Crippen molar-refractivity contribution in [1.29, 1.82) is 0 Å². The van der Waals surface area contributed by atoms with Gasteiger partial charge in [-0.15, -0.1) is 0 Å². The Hall–Kier alpha value is -0.930. The van der Waals surface area contributed by atoms with E-state index in [1.807, 2.05) is 0 Å². The van der Waals surface area contributed by atoms with Gasteiger partial charge in [0.2, 0.25) is 0 Å². The van der Waals surface area contributed by atoms with E-state index in [0.717, 1.165) is 12.8 Å². The number of carbonyl (C=O) groups is 1. The van der Waals surface area contributed by atoms with Gasteiger partial charge in [0, 0.05) is 24.1 Å². The number of benzene rings is 1. The molecule has 1 aromatic carbocycles. The smallest absolute Gasteiger partial charge is 0.169 e. The lowest BCUT2D eigenvalue weighted by molar-refractivity contribution is -0.139. The second-order valence-corrected chi connectivity index (χ2v) is 5.11. The number of halogens is 2. The quantitative estimate of drug-likeness (QED) is 0.836. The lowest BCUT2D eigenvalue weighted by atomic mass is 9.91. The lowest BCUT2D eigenvalue weighted by Gasteiger charge is -2.25. The van der Waals surface area contributed by atoms with E-state index in [0.29, 0.717) is 17.9 Å². The number of ether oxygens (including phenoxy) is 1. The van der Waals surface area contributed by atoms with E-state index < -0.39 is 11.4 Å². The highest BCUT2D eigenvalue weighted by molar-refractivity contribution is 6.31. The summed E-state index contributed by atoms with van der Waals surface area (Å²) >= 11 is 5.94. The van der Waals surface area contributed by atoms with Crippen LogP contribution in [-0.2, 0) is 16.0 Å². The molecule has 0 spiro atoms. The van der Waals surface area contributed by atoms with Gasteiger partial charge in [-0.3, -0.25) is 4.79 Å². The zero-order valence-corrected chi connectivity index (χ0v) is 11.1. The fraction of sp³-hybridized carbons (Fsp3) is 0.500. The lowest BCUT2D eigenvalue weighted by Crippen LogP contribution is -2.39. The topological polar surface area (TPSA) is 26.3 Å². The van der Waals surface area contributed by atoms with Crippen LogP contribution >= 0.6 is 11.6 Å². The molecule has 0 bridgehead atoms. The first-order valence-corrected chi connectivity index (χ1v) is 6.48. The Balaban J connectivity index is 2.21. The third-order valence-corrected chi connectivity index (χ3v) is 4.06. The van der Waals surface area contributed by atoms with E-state index in [4.69, 9.17) is 16.3 Å². The van der Waals surface area contributed by atoms with Crippen LogP contribution in [-0.4, -0.2) is 18.5 Å². The Labute approximate surface area is 111 Å². The maximum absolute atomic E-state index is 13.6. The van der Waals surface area contributed by atoms with E-state index in [9.17, 15) is 9.18 Å². The second-order valence-electron chi connectivity index (χ2n) is 4.71. The summed E-state index contributed by atoms with van der Waals surface area (Å²) < 4.78 is 19.0. The van der Waals surface area contributed by atoms with E-state index in [-0.39, 0.29) is 17.8 Å². The molecule has 2 nitrogen and oxygen atoms in total. The highest BCUT2D eigenvalue weighted by Gasteiger charge is 2.41. The van der Waals surface area contributed by atoms with Gasteiger partial charge in [0.15, 0.2) is 5.78 Å². The Morgan fingerprint density at radius 1 is 1.44 bits per heavy atom. The van der Waals surface area contributed by atoms with Gasteiger partial charge >= 0.3 is 0 Å². The van der Waals surface area contributed by atoms with Crippen LogP contribution in [0.1, 0.15) is 31.2 Å². The largest absolute Gasteiger partial charge is 0.370 e. The highest BCUT2D eigenvalue weighted by Crippen LogP contribution is 2.35. The third-order valence-electron chi connectivity index (χ3n) is 3.71. The second kappa shape index (κ2) is 5.37. The molecule has 0 aliphatic heterocycles. The normalized spacial score (nSPS) is 17.9. The van der Waals surface area contributed by atoms with Gasteiger partial charge in [0.25, 0.3) is 0 Å². The first-order valence-electron chi connectivity index (χ1n) is 6.10. The molecule has 0 N–H and O–H groups in total.